The summed E-state index contributed by atoms with van der Waals surface area (Å²) in [5.41, 5.74) is 0.701. The van der Waals surface area contributed by atoms with Gasteiger partial charge in [0.25, 0.3) is 5.56 Å². The van der Waals surface area contributed by atoms with E-state index in [9.17, 15) is 14.4 Å². The molecule has 3 aromatic rings. The number of amides is 1. The van der Waals surface area contributed by atoms with Gasteiger partial charge in [0.2, 0.25) is 5.91 Å². The van der Waals surface area contributed by atoms with Gasteiger partial charge in [0.15, 0.2) is 0 Å². The number of aryl methyl sites for hydroxylation is 1. The van der Waals surface area contributed by atoms with Gasteiger partial charge in [-0.25, -0.2) is 9.36 Å². The number of carbonyl (C=O) groups excluding carboxylic acids is 1. The molecule has 0 unspecified atom stereocenters. The van der Waals surface area contributed by atoms with E-state index in [4.69, 9.17) is 11.6 Å². The van der Waals surface area contributed by atoms with Crippen molar-refractivity contribution in [2.45, 2.75) is 20.4 Å². The zero-order valence-corrected chi connectivity index (χ0v) is 18.4. The molecular formula is C23H25ClN4O3. The summed E-state index contributed by atoms with van der Waals surface area (Å²) < 4.78 is 2.48. The first-order valence-corrected chi connectivity index (χ1v) is 10.8. The topological polar surface area (TPSA) is 67.5 Å². The van der Waals surface area contributed by atoms with Crippen molar-refractivity contribution in [2.75, 3.05) is 32.7 Å². The fourth-order valence-electron chi connectivity index (χ4n) is 3.97. The number of halogens is 1. The van der Waals surface area contributed by atoms with Crippen molar-refractivity contribution in [3.05, 3.63) is 73.9 Å². The molecular weight excluding hydrogens is 416 g/mol. The summed E-state index contributed by atoms with van der Waals surface area (Å²) >= 11 is 6.25. The Labute approximate surface area is 185 Å². The first-order valence-electron chi connectivity index (χ1n) is 10.4. The zero-order valence-electron chi connectivity index (χ0n) is 17.7. The highest BCUT2D eigenvalue weighted by Gasteiger charge is 2.23. The number of para-hydroxylation sites is 1. The first-order chi connectivity index (χ1) is 14.9. The third-order valence-electron chi connectivity index (χ3n) is 5.93. The monoisotopic (exact) mass is 440 g/mol. The molecule has 1 aromatic heterocycles. The molecule has 2 heterocycles. The van der Waals surface area contributed by atoms with Crippen molar-refractivity contribution < 1.29 is 4.79 Å². The minimum absolute atomic E-state index is 0.120. The Morgan fingerprint density at radius 3 is 2.42 bits per heavy atom. The van der Waals surface area contributed by atoms with Crippen molar-refractivity contribution in [2.24, 2.45) is 0 Å². The summed E-state index contributed by atoms with van der Waals surface area (Å²) in [5, 5.41) is 0.843. The Kier molecular flexibility index (Phi) is 5.98. The molecule has 162 valence electrons. The van der Waals surface area contributed by atoms with Crippen molar-refractivity contribution in [1.82, 2.24) is 18.9 Å². The summed E-state index contributed by atoms with van der Waals surface area (Å²) in [6.07, 6.45) is 0. The summed E-state index contributed by atoms with van der Waals surface area (Å²) in [6.45, 7) is 7.69. The SMILES string of the molecule is CCN1CCN(C(=O)Cn2c(=O)n(-c3ccc(C)c(Cl)c3)c(=O)c3ccccc32)CC1. The number of hydrogen-bond donors (Lipinski definition) is 0. The summed E-state index contributed by atoms with van der Waals surface area (Å²) in [6, 6.07) is 11.9. The van der Waals surface area contributed by atoms with Crippen molar-refractivity contribution >= 4 is 28.4 Å². The van der Waals surface area contributed by atoms with Crippen LogP contribution in [-0.2, 0) is 11.3 Å². The highest BCUT2D eigenvalue weighted by atomic mass is 35.5. The van der Waals surface area contributed by atoms with E-state index in [1.54, 1.807) is 47.4 Å². The second-order valence-electron chi connectivity index (χ2n) is 7.77. The van der Waals surface area contributed by atoms with Crippen molar-refractivity contribution in [3.8, 4) is 5.69 Å². The number of rotatable bonds is 4. The molecule has 0 bridgehead atoms. The molecule has 0 N–H and O–H groups in total. The van der Waals surface area contributed by atoms with Crippen LogP contribution in [0.2, 0.25) is 5.02 Å². The van der Waals surface area contributed by atoms with E-state index in [1.165, 1.54) is 4.57 Å². The lowest BCUT2D eigenvalue weighted by Gasteiger charge is -2.34. The minimum Gasteiger partial charge on any atom is -0.339 e. The Balaban J connectivity index is 1.80. The third-order valence-corrected chi connectivity index (χ3v) is 6.34. The maximum Gasteiger partial charge on any atom is 0.336 e. The molecule has 0 aliphatic carbocycles. The second-order valence-corrected chi connectivity index (χ2v) is 8.18. The predicted octanol–water partition coefficient (Wildman–Crippen LogP) is 2.28. The quantitative estimate of drug-likeness (QED) is 0.624. The van der Waals surface area contributed by atoms with Gasteiger partial charge in [-0.2, -0.15) is 0 Å². The fraction of sp³-hybridized carbons (Fsp3) is 0.348. The van der Waals surface area contributed by atoms with E-state index in [2.05, 4.69) is 11.8 Å². The number of benzene rings is 2. The molecule has 31 heavy (non-hydrogen) atoms. The number of hydrogen-bond acceptors (Lipinski definition) is 4. The zero-order chi connectivity index (χ0) is 22.1. The van der Waals surface area contributed by atoms with Gasteiger partial charge < -0.3 is 9.80 Å². The standard InChI is InChI=1S/C23H25ClN4O3/c1-3-25-10-12-26(13-11-25)21(29)15-27-20-7-5-4-6-18(20)22(30)28(23(27)31)17-9-8-16(2)19(24)14-17/h4-9,14H,3,10-13,15H2,1-2H3. The van der Waals surface area contributed by atoms with Crippen LogP contribution >= 0.6 is 11.6 Å². The van der Waals surface area contributed by atoms with Crippen LogP contribution in [0.5, 0.6) is 0 Å². The van der Waals surface area contributed by atoms with Crippen LogP contribution in [0.25, 0.3) is 16.6 Å². The van der Waals surface area contributed by atoms with Gasteiger partial charge in [-0.3, -0.25) is 14.2 Å². The maximum atomic E-state index is 13.4. The van der Waals surface area contributed by atoms with Crippen LogP contribution in [0, 0.1) is 6.92 Å². The lowest BCUT2D eigenvalue weighted by molar-refractivity contribution is -0.133. The van der Waals surface area contributed by atoms with Gasteiger partial charge >= 0.3 is 5.69 Å². The Bertz CT molecular complexity index is 1260. The van der Waals surface area contributed by atoms with Gasteiger partial charge in [0, 0.05) is 31.2 Å². The highest BCUT2D eigenvalue weighted by molar-refractivity contribution is 6.31. The van der Waals surface area contributed by atoms with Crippen LogP contribution in [0.4, 0.5) is 0 Å². The van der Waals surface area contributed by atoms with Gasteiger partial charge in [0.05, 0.1) is 16.6 Å². The highest BCUT2D eigenvalue weighted by Crippen LogP contribution is 2.19. The van der Waals surface area contributed by atoms with Gasteiger partial charge in [0.1, 0.15) is 6.54 Å². The molecule has 4 rings (SSSR count). The number of piperazine rings is 1. The van der Waals surface area contributed by atoms with E-state index in [0.717, 1.165) is 29.8 Å². The molecule has 1 saturated heterocycles. The van der Waals surface area contributed by atoms with Gasteiger partial charge in [-0.1, -0.05) is 36.7 Å². The largest absolute Gasteiger partial charge is 0.339 e. The molecule has 0 radical (unpaired) electrons. The molecule has 1 aliphatic rings. The number of carbonyl (C=O) groups is 1. The average Bonchev–Trinajstić information content (AvgIpc) is 2.79. The minimum atomic E-state index is -0.552. The van der Waals surface area contributed by atoms with Crippen molar-refractivity contribution in [1.29, 1.82) is 0 Å². The van der Waals surface area contributed by atoms with Gasteiger partial charge in [-0.15, -0.1) is 0 Å². The van der Waals surface area contributed by atoms with E-state index in [-0.39, 0.29) is 12.5 Å². The van der Waals surface area contributed by atoms with Gasteiger partial charge in [-0.05, 0) is 43.3 Å². The van der Waals surface area contributed by atoms with E-state index >= 15 is 0 Å². The molecule has 1 amide bonds. The van der Waals surface area contributed by atoms with Crippen molar-refractivity contribution in [3.63, 3.8) is 0 Å². The molecule has 1 aliphatic heterocycles. The first kappa shape index (κ1) is 21.3. The van der Waals surface area contributed by atoms with Crippen LogP contribution in [0.15, 0.2) is 52.1 Å². The third kappa shape index (κ3) is 4.03. The molecule has 2 aromatic carbocycles. The Morgan fingerprint density at radius 1 is 1.03 bits per heavy atom. The number of nitrogens with zero attached hydrogens (tertiary/aromatic N) is 4. The van der Waals surface area contributed by atoms with E-state index in [1.807, 2.05) is 6.92 Å². The number of likely N-dealkylation sites (N-methyl/N-ethyl adjacent to an activating group) is 1. The molecule has 7 nitrogen and oxygen atoms in total. The lowest BCUT2D eigenvalue weighted by atomic mass is 10.2. The summed E-state index contributed by atoms with van der Waals surface area (Å²) in [5.74, 6) is -0.129. The molecule has 0 saturated carbocycles. The lowest BCUT2D eigenvalue weighted by Crippen LogP contribution is -2.50. The predicted molar refractivity (Wildman–Crippen MR) is 122 cm³/mol. The van der Waals surface area contributed by atoms with Crippen LogP contribution in [-0.4, -0.2) is 57.6 Å². The smallest absolute Gasteiger partial charge is 0.336 e. The summed E-state index contributed by atoms with van der Waals surface area (Å²) in [4.78, 5) is 43.7. The normalized spacial score (nSPS) is 14.9. The number of fused-ring (bicyclic) bond motifs is 1. The second kappa shape index (κ2) is 8.69. The van der Waals surface area contributed by atoms with E-state index in [0.29, 0.717) is 34.7 Å². The number of aromatic nitrogens is 2. The molecule has 0 atom stereocenters. The van der Waals surface area contributed by atoms with Crippen LogP contribution < -0.4 is 11.2 Å². The average molecular weight is 441 g/mol. The Hall–Kier alpha value is -2.90. The summed E-state index contributed by atoms with van der Waals surface area (Å²) in [7, 11) is 0. The van der Waals surface area contributed by atoms with E-state index < -0.39 is 11.2 Å². The molecule has 8 heteroatoms. The Morgan fingerprint density at radius 2 is 1.74 bits per heavy atom. The maximum absolute atomic E-state index is 13.4. The fourth-order valence-corrected chi connectivity index (χ4v) is 4.15. The van der Waals surface area contributed by atoms with Crippen LogP contribution in [0.3, 0.4) is 0 Å². The molecule has 1 fully saturated rings. The van der Waals surface area contributed by atoms with Crippen LogP contribution in [0.1, 0.15) is 12.5 Å². The molecule has 0 spiro atoms.